The molecule has 1 aromatic carbocycles. The van der Waals surface area contributed by atoms with Gasteiger partial charge in [0.2, 0.25) is 0 Å². The first-order valence-electron chi connectivity index (χ1n) is 5.99. The first kappa shape index (κ1) is 13.3. The third kappa shape index (κ3) is 2.51. The van der Waals surface area contributed by atoms with Gasteiger partial charge in [-0.3, -0.25) is 0 Å². The zero-order chi connectivity index (χ0) is 13.4. The van der Waals surface area contributed by atoms with Crippen LogP contribution in [-0.4, -0.2) is 0 Å². The van der Waals surface area contributed by atoms with E-state index >= 15 is 0 Å². The molecule has 100 valence electrons. The van der Waals surface area contributed by atoms with E-state index in [9.17, 15) is 17.6 Å². The van der Waals surface area contributed by atoms with Crippen LogP contribution in [0.15, 0.2) is 18.2 Å². The number of halogens is 4. The fourth-order valence-electron chi connectivity index (χ4n) is 2.64. The van der Waals surface area contributed by atoms with Crippen LogP contribution in [0.5, 0.6) is 0 Å². The molecule has 0 unspecified atom stereocenters. The van der Waals surface area contributed by atoms with E-state index in [0.717, 1.165) is 25.3 Å². The second-order valence-electron chi connectivity index (χ2n) is 4.90. The molecule has 0 aromatic heterocycles. The van der Waals surface area contributed by atoms with Gasteiger partial charge in [0.25, 0.3) is 0 Å². The lowest BCUT2D eigenvalue weighted by atomic mass is 9.75. The molecule has 2 N–H and O–H groups in total. The van der Waals surface area contributed by atoms with E-state index in [1.165, 1.54) is 6.07 Å². The van der Waals surface area contributed by atoms with Crippen molar-refractivity contribution in [2.75, 3.05) is 0 Å². The van der Waals surface area contributed by atoms with Crippen molar-refractivity contribution < 1.29 is 17.6 Å². The molecule has 0 saturated heterocycles. The van der Waals surface area contributed by atoms with E-state index in [-0.39, 0.29) is 5.56 Å². The molecule has 1 aliphatic rings. The van der Waals surface area contributed by atoms with Crippen molar-refractivity contribution in [3.8, 4) is 0 Å². The standard InChI is InChI=1S/C13H15F4N/c14-9-4-5-10(11(8-9)13(15,16)17)12(18)6-2-1-3-7-12/h4-5,8H,1-3,6-7,18H2. The highest BCUT2D eigenvalue weighted by molar-refractivity contribution is 5.36. The maximum Gasteiger partial charge on any atom is 0.416 e. The Morgan fingerprint density at radius 2 is 1.67 bits per heavy atom. The van der Waals surface area contributed by atoms with E-state index < -0.39 is 23.1 Å². The summed E-state index contributed by atoms with van der Waals surface area (Å²) in [5, 5.41) is 0. The van der Waals surface area contributed by atoms with Crippen LogP contribution >= 0.6 is 0 Å². The fraction of sp³-hybridized carbons (Fsp3) is 0.538. The Labute approximate surface area is 103 Å². The molecule has 18 heavy (non-hydrogen) atoms. The predicted octanol–water partition coefficient (Wildman–Crippen LogP) is 3.96. The Hall–Kier alpha value is -1.10. The van der Waals surface area contributed by atoms with Crippen molar-refractivity contribution in [1.82, 2.24) is 0 Å². The van der Waals surface area contributed by atoms with Gasteiger partial charge in [-0.1, -0.05) is 25.3 Å². The minimum atomic E-state index is -4.57. The normalized spacial score (nSPS) is 19.8. The van der Waals surface area contributed by atoms with Gasteiger partial charge in [-0.2, -0.15) is 13.2 Å². The third-order valence-electron chi connectivity index (χ3n) is 3.57. The first-order valence-corrected chi connectivity index (χ1v) is 5.99. The van der Waals surface area contributed by atoms with Crippen LogP contribution in [0.25, 0.3) is 0 Å². The third-order valence-corrected chi connectivity index (χ3v) is 3.57. The van der Waals surface area contributed by atoms with Gasteiger partial charge in [-0.25, -0.2) is 4.39 Å². The lowest BCUT2D eigenvalue weighted by Crippen LogP contribution is -2.40. The Morgan fingerprint density at radius 3 is 2.22 bits per heavy atom. The van der Waals surface area contributed by atoms with Crippen molar-refractivity contribution >= 4 is 0 Å². The Kier molecular flexibility index (Phi) is 3.36. The van der Waals surface area contributed by atoms with E-state index in [1.54, 1.807) is 0 Å². The molecule has 2 rings (SSSR count). The summed E-state index contributed by atoms with van der Waals surface area (Å²) in [4.78, 5) is 0. The molecule has 1 nitrogen and oxygen atoms in total. The number of alkyl halides is 3. The number of hydrogen-bond acceptors (Lipinski definition) is 1. The van der Waals surface area contributed by atoms with Gasteiger partial charge in [0.1, 0.15) is 5.82 Å². The van der Waals surface area contributed by atoms with Gasteiger partial charge < -0.3 is 5.73 Å². The molecule has 0 bridgehead atoms. The van der Waals surface area contributed by atoms with E-state index in [0.29, 0.717) is 18.9 Å². The number of rotatable bonds is 1. The summed E-state index contributed by atoms with van der Waals surface area (Å²) >= 11 is 0. The molecule has 1 saturated carbocycles. The molecule has 1 aromatic rings. The van der Waals surface area contributed by atoms with Crippen molar-refractivity contribution in [3.05, 3.63) is 35.1 Å². The highest BCUT2D eigenvalue weighted by Crippen LogP contribution is 2.42. The van der Waals surface area contributed by atoms with Gasteiger partial charge >= 0.3 is 6.18 Å². The summed E-state index contributed by atoms with van der Waals surface area (Å²) in [6.45, 7) is 0. The molecular formula is C13H15F4N. The fourth-order valence-corrected chi connectivity index (χ4v) is 2.64. The summed E-state index contributed by atoms with van der Waals surface area (Å²) in [5.74, 6) is -0.884. The van der Waals surface area contributed by atoms with Crippen molar-refractivity contribution in [2.24, 2.45) is 5.73 Å². The largest absolute Gasteiger partial charge is 0.416 e. The van der Waals surface area contributed by atoms with Crippen LogP contribution in [0.1, 0.15) is 43.2 Å². The van der Waals surface area contributed by atoms with Crippen molar-refractivity contribution in [3.63, 3.8) is 0 Å². The molecule has 0 aliphatic heterocycles. The molecule has 1 fully saturated rings. The summed E-state index contributed by atoms with van der Waals surface area (Å²) in [6, 6.07) is 2.77. The Balaban J connectivity index is 2.49. The minimum absolute atomic E-state index is 0.0242. The monoisotopic (exact) mass is 261 g/mol. The Bertz CT molecular complexity index is 433. The van der Waals surface area contributed by atoms with Crippen LogP contribution in [0.2, 0.25) is 0 Å². The molecule has 5 heteroatoms. The predicted molar refractivity (Wildman–Crippen MR) is 60.4 cm³/mol. The zero-order valence-corrected chi connectivity index (χ0v) is 9.86. The van der Waals surface area contributed by atoms with Crippen molar-refractivity contribution in [1.29, 1.82) is 0 Å². The average molecular weight is 261 g/mol. The van der Waals surface area contributed by atoms with Gasteiger partial charge in [-0.15, -0.1) is 0 Å². The van der Waals surface area contributed by atoms with Gasteiger partial charge in [0, 0.05) is 5.54 Å². The minimum Gasteiger partial charge on any atom is -0.321 e. The van der Waals surface area contributed by atoms with E-state index in [2.05, 4.69) is 0 Å². The lowest BCUT2D eigenvalue weighted by molar-refractivity contribution is -0.139. The molecule has 1 aliphatic carbocycles. The highest BCUT2D eigenvalue weighted by Gasteiger charge is 2.40. The Morgan fingerprint density at radius 1 is 1.06 bits per heavy atom. The number of hydrogen-bond donors (Lipinski definition) is 1. The highest BCUT2D eigenvalue weighted by atomic mass is 19.4. The van der Waals surface area contributed by atoms with Gasteiger partial charge in [0.05, 0.1) is 5.56 Å². The van der Waals surface area contributed by atoms with Crippen LogP contribution < -0.4 is 5.73 Å². The maximum atomic E-state index is 13.0. The second kappa shape index (κ2) is 4.53. The topological polar surface area (TPSA) is 26.0 Å². The second-order valence-corrected chi connectivity index (χ2v) is 4.90. The van der Waals surface area contributed by atoms with Gasteiger partial charge in [0.15, 0.2) is 0 Å². The number of nitrogens with two attached hydrogens (primary N) is 1. The van der Waals surface area contributed by atoms with Crippen molar-refractivity contribution in [2.45, 2.75) is 43.8 Å². The van der Waals surface area contributed by atoms with Crippen LogP contribution in [0, 0.1) is 5.82 Å². The van der Waals surface area contributed by atoms with Crippen LogP contribution in [-0.2, 0) is 11.7 Å². The summed E-state index contributed by atoms with van der Waals surface area (Å²) in [7, 11) is 0. The number of benzene rings is 1. The lowest BCUT2D eigenvalue weighted by Gasteiger charge is -2.35. The molecular weight excluding hydrogens is 246 g/mol. The summed E-state index contributed by atoms with van der Waals surface area (Å²) in [6.07, 6.45) is -0.928. The molecule has 0 heterocycles. The van der Waals surface area contributed by atoms with Crippen LogP contribution in [0.3, 0.4) is 0 Å². The van der Waals surface area contributed by atoms with E-state index in [1.807, 2.05) is 0 Å². The average Bonchev–Trinajstić information content (AvgIpc) is 2.28. The SMILES string of the molecule is NC1(c2ccc(F)cc2C(F)(F)F)CCCCC1. The van der Waals surface area contributed by atoms with Gasteiger partial charge in [-0.05, 0) is 30.5 Å². The molecule has 0 amide bonds. The molecule has 0 atom stereocenters. The summed E-state index contributed by atoms with van der Waals surface area (Å²) in [5.41, 5.74) is 4.22. The van der Waals surface area contributed by atoms with Crippen LogP contribution in [0.4, 0.5) is 17.6 Å². The quantitative estimate of drug-likeness (QED) is 0.761. The molecule has 0 radical (unpaired) electrons. The summed E-state index contributed by atoms with van der Waals surface area (Å²) < 4.78 is 51.8. The molecule has 0 spiro atoms. The first-order chi connectivity index (χ1) is 8.33. The zero-order valence-electron chi connectivity index (χ0n) is 9.86. The van der Waals surface area contributed by atoms with E-state index in [4.69, 9.17) is 5.73 Å². The maximum absolute atomic E-state index is 13.0. The smallest absolute Gasteiger partial charge is 0.321 e.